The summed E-state index contributed by atoms with van der Waals surface area (Å²) in [5, 5.41) is 12.0. The van der Waals surface area contributed by atoms with Crippen LogP contribution in [0.4, 0.5) is 5.69 Å². The van der Waals surface area contributed by atoms with Crippen molar-refractivity contribution in [3.8, 4) is 6.07 Å². The van der Waals surface area contributed by atoms with E-state index in [1.54, 1.807) is 12.1 Å². The number of carbonyl (C=O) groups excluding carboxylic acids is 2. The summed E-state index contributed by atoms with van der Waals surface area (Å²) in [5.74, 6) is -1.13. The summed E-state index contributed by atoms with van der Waals surface area (Å²) in [4.78, 5) is 25.2. The van der Waals surface area contributed by atoms with Gasteiger partial charge < -0.3 is 10.6 Å². The molecule has 6 nitrogen and oxygen atoms in total. The fourth-order valence-corrected chi connectivity index (χ4v) is 3.25. The van der Waals surface area contributed by atoms with E-state index < -0.39 is 5.92 Å². The van der Waals surface area contributed by atoms with Gasteiger partial charge in [-0.3, -0.25) is 14.9 Å². The quantitative estimate of drug-likeness (QED) is 0.789. The van der Waals surface area contributed by atoms with Crippen LogP contribution >= 0.6 is 11.6 Å². The van der Waals surface area contributed by atoms with Crippen LogP contribution in [0.5, 0.6) is 0 Å². The Morgan fingerprint density at radius 3 is 2.68 bits per heavy atom. The molecular formula is C15H15ClN4O2. The summed E-state index contributed by atoms with van der Waals surface area (Å²) >= 11 is 6.37. The van der Waals surface area contributed by atoms with Crippen molar-refractivity contribution < 1.29 is 9.59 Å². The summed E-state index contributed by atoms with van der Waals surface area (Å²) in [7, 11) is 0. The van der Waals surface area contributed by atoms with E-state index in [4.69, 9.17) is 17.3 Å². The van der Waals surface area contributed by atoms with Crippen molar-refractivity contribution in [3.05, 3.63) is 28.3 Å². The fourth-order valence-electron chi connectivity index (χ4n) is 2.92. The third kappa shape index (κ3) is 2.43. The van der Waals surface area contributed by atoms with Crippen molar-refractivity contribution in [1.82, 2.24) is 5.32 Å². The third-order valence-electron chi connectivity index (χ3n) is 4.13. The lowest BCUT2D eigenvalue weighted by Gasteiger charge is -2.39. The smallest absolute Gasteiger partial charge is 0.234 e. The number of nitrogens with two attached hydrogens (primary N) is 1. The monoisotopic (exact) mass is 318 g/mol. The lowest BCUT2D eigenvalue weighted by Crippen LogP contribution is -2.56. The van der Waals surface area contributed by atoms with Crippen molar-refractivity contribution in [2.24, 2.45) is 5.73 Å². The van der Waals surface area contributed by atoms with Gasteiger partial charge in [0.1, 0.15) is 6.07 Å². The Balaban J connectivity index is 1.95. The second-order valence-corrected chi connectivity index (χ2v) is 6.02. The number of hydrogen-bond acceptors (Lipinski definition) is 5. The number of nitriles is 1. The maximum Gasteiger partial charge on any atom is 0.234 e. The van der Waals surface area contributed by atoms with Gasteiger partial charge in [-0.05, 0) is 18.1 Å². The minimum Gasteiger partial charge on any atom is -0.367 e. The number of halogens is 1. The van der Waals surface area contributed by atoms with Crippen LogP contribution in [0.25, 0.3) is 0 Å². The van der Waals surface area contributed by atoms with Crippen molar-refractivity contribution in [2.45, 2.75) is 24.8 Å². The van der Waals surface area contributed by atoms with E-state index in [0.717, 1.165) is 5.69 Å². The van der Waals surface area contributed by atoms with Gasteiger partial charge in [0.25, 0.3) is 0 Å². The minimum atomic E-state index is -0.495. The van der Waals surface area contributed by atoms with Crippen molar-refractivity contribution in [1.29, 1.82) is 5.26 Å². The molecule has 2 aliphatic heterocycles. The Labute approximate surface area is 132 Å². The molecule has 1 aromatic carbocycles. The number of nitrogens with zero attached hydrogens (tertiary/aromatic N) is 2. The fraction of sp³-hybridized carbons (Fsp3) is 0.400. The molecule has 22 heavy (non-hydrogen) atoms. The van der Waals surface area contributed by atoms with Gasteiger partial charge in [0.2, 0.25) is 11.8 Å². The number of imide groups is 1. The number of piperidine rings is 1. The number of carbonyl (C=O) groups is 2. The first-order valence-electron chi connectivity index (χ1n) is 7.08. The van der Waals surface area contributed by atoms with Crippen molar-refractivity contribution in [3.63, 3.8) is 0 Å². The third-order valence-corrected chi connectivity index (χ3v) is 4.53. The molecule has 2 fully saturated rings. The lowest BCUT2D eigenvalue weighted by atomic mass is 9.89. The topological polar surface area (TPSA) is 99.2 Å². The molecule has 2 heterocycles. The van der Waals surface area contributed by atoms with Gasteiger partial charge in [-0.25, -0.2) is 0 Å². The molecule has 3 rings (SSSR count). The highest BCUT2D eigenvalue weighted by Crippen LogP contribution is 2.37. The number of rotatable bonds is 2. The lowest BCUT2D eigenvalue weighted by molar-refractivity contribution is -0.134. The zero-order valence-corrected chi connectivity index (χ0v) is 12.6. The molecule has 1 aromatic rings. The normalized spacial score (nSPS) is 22.0. The Morgan fingerprint density at radius 2 is 2.09 bits per heavy atom. The van der Waals surface area contributed by atoms with E-state index in [2.05, 4.69) is 11.4 Å². The largest absolute Gasteiger partial charge is 0.367 e. The number of nitrogens with one attached hydrogen (secondary N) is 1. The van der Waals surface area contributed by atoms with Crippen LogP contribution in [0.2, 0.25) is 5.02 Å². The molecule has 7 heteroatoms. The standard InChI is InChI=1S/C15H15ClN4O2/c16-14-9(10-2-4-13(21)19-15(10)22)1-3-12(11(14)5-17)20-6-8(18)7-20/h1,3,8,10H,2,4,6-7,18H2,(H,19,21,22). The Morgan fingerprint density at radius 1 is 1.36 bits per heavy atom. The van der Waals surface area contributed by atoms with E-state index in [-0.39, 0.29) is 29.3 Å². The van der Waals surface area contributed by atoms with Gasteiger partial charge in [0.05, 0.1) is 22.2 Å². The molecule has 1 unspecified atom stereocenters. The van der Waals surface area contributed by atoms with Crippen LogP contribution < -0.4 is 16.0 Å². The highest BCUT2D eigenvalue weighted by molar-refractivity contribution is 6.33. The van der Waals surface area contributed by atoms with Gasteiger partial charge in [0, 0.05) is 25.6 Å². The average Bonchev–Trinajstić information content (AvgIpc) is 2.44. The van der Waals surface area contributed by atoms with Gasteiger partial charge >= 0.3 is 0 Å². The zero-order valence-electron chi connectivity index (χ0n) is 11.8. The number of anilines is 1. The number of benzene rings is 1. The summed E-state index contributed by atoms with van der Waals surface area (Å²) in [5.41, 5.74) is 7.46. The highest BCUT2D eigenvalue weighted by Gasteiger charge is 2.32. The molecular weight excluding hydrogens is 304 g/mol. The highest BCUT2D eigenvalue weighted by atomic mass is 35.5. The summed E-state index contributed by atoms with van der Waals surface area (Å²) < 4.78 is 0. The molecule has 1 atom stereocenters. The predicted molar refractivity (Wildman–Crippen MR) is 81.5 cm³/mol. The second-order valence-electron chi connectivity index (χ2n) is 5.64. The zero-order chi connectivity index (χ0) is 15.9. The van der Waals surface area contributed by atoms with E-state index >= 15 is 0 Å². The molecule has 2 saturated heterocycles. The SMILES string of the molecule is N#Cc1c(N2CC(N)C2)ccc(C2CCC(=O)NC2=O)c1Cl. The van der Waals surface area contributed by atoms with E-state index in [1.165, 1.54) is 0 Å². The van der Waals surface area contributed by atoms with Crippen molar-refractivity contribution in [2.75, 3.05) is 18.0 Å². The van der Waals surface area contributed by atoms with E-state index in [0.29, 0.717) is 30.6 Å². The van der Waals surface area contributed by atoms with Gasteiger partial charge in [-0.2, -0.15) is 5.26 Å². The van der Waals surface area contributed by atoms with E-state index in [9.17, 15) is 14.9 Å². The molecule has 3 N–H and O–H groups in total. The molecule has 2 amide bonds. The molecule has 0 radical (unpaired) electrons. The van der Waals surface area contributed by atoms with Crippen LogP contribution in [0, 0.1) is 11.3 Å². The number of amides is 2. The Bertz CT molecular complexity index is 692. The molecule has 114 valence electrons. The number of hydrogen-bond donors (Lipinski definition) is 2. The molecule has 0 saturated carbocycles. The molecule has 0 aliphatic carbocycles. The van der Waals surface area contributed by atoms with Gasteiger partial charge in [-0.15, -0.1) is 0 Å². The van der Waals surface area contributed by atoms with Crippen LogP contribution in [-0.2, 0) is 9.59 Å². The van der Waals surface area contributed by atoms with Crippen LogP contribution in [0.1, 0.15) is 29.9 Å². The van der Waals surface area contributed by atoms with E-state index in [1.807, 2.05) is 4.90 Å². The Kier molecular flexibility index (Phi) is 3.77. The first-order valence-corrected chi connectivity index (χ1v) is 7.45. The summed E-state index contributed by atoms with van der Waals surface area (Å²) in [6.45, 7) is 1.37. The summed E-state index contributed by atoms with van der Waals surface area (Å²) in [6.07, 6.45) is 0.681. The summed E-state index contributed by atoms with van der Waals surface area (Å²) in [6, 6.07) is 5.80. The van der Waals surface area contributed by atoms with Crippen LogP contribution in [-0.4, -0.2) is 30.9 Å². The molecule has 0 spiro atoms. The van der Waals surface area contributed by atoms with Crippen LogP contribution in [0.15, 0.2) is 12.1 Å². The van der Waals surface area contributed by atoms with Gasteiger partial charge in [-0.1, -0.05) is 17.7 Å². The van der Waals surface area contributed by atoms with Gasteiger partial charge in [0.15, 0.2) is 0 Å². The minimum absolute atomic E-state index is 0.111. The van der Waals surface area contributed by atoms with Crippen molar-refractivity contribution >= 4 is 29.1 Å². The average molecular weight is 319 g/mol. The maximum absolute atomic E-state index is 12.0. The Hall–Kier alpha value is -2.10. The maximum atomic E-state index is 12.0. The molecule has 0 aromatic heterocycles. The second kappa shape index (κ2) is 5.59. The molecule has 0 bridgehead atoms. The first-order chi connectivity index (χ1) is 10.5. The van der Waals surface area contributed by atoms with Crippen LogP contribution in [0.3, 0.4) is 0 Å². The molecule has 2 aliphatic rings. The predicted octanol–water partition coefficient (Wildman–Crippen LogP) is 0.879. The first kappa shape index (κ1) is 14.8.